The van der Waals surface area contributed by atoms with Crippen LogP contribution >= 0.6 is 11.6 Å². The van der Waals surface area contributed by atoms with Crippen LogP contribution in [0.5, 0.6) is 0 Å². The molecule has 6 aromatic rings. The molecule has 0 unspecified atom stereocenters. The molecule has 1 aromatic heterocycles. The molecule has 0 aliphatic carbocycles. The zero-order valence-corrected chi connectivity index (χ0v) is 18.1. The van der Waals surface area contributed by atoms with Crippen molar-refractivity contribution >= 4 is 33.4 Å². The van der Waals surface area contributed by atoms with Gasteiger partial charge in [-0.3, -0.25) is 0 Å². The van der Waals surface area contributed by atoms with Gasteiger partial charge in [-0.25, -0.2) is 0 Å². The fourth-order valence-electron chi connectivity index (χ4n) is 4.51. The van der Waals surface area contributed by atoms with Crippen LogP contribution in [0.4, 0.5) is 0 Å². The van der Waals surface area contributed by atoms with Gasteiger partial charge in [0.25, 0.3) is 0 Å². The molecule has 0 amide bonds. The summed E-state index contributed by atoms with van der Waals surface area (Å²) < 4.78 is 2.35. The number of hydrogen-bond acceptors (Lipinski definition) is 0. The summed E-state index contributed by atoms with van der Waals surface area (Å²) in [5, 5.41) is 3.29. The van der Waals surface area contributed by atoms with Gasteiger partial charge in [-0.15, -0.1) is 0 Å². The summed E-state index contributed by atoms with van der Waals surface area (Å²) in [6.45, 7) is 0. The maximum atomic E-state index is 6.03. The second-order valence-corrected chi connectivity index (χ2v) is 8.44. The zero-order chi connectivity index (χ0) is 21.5. The highest BCUT2D eigenvalue weighted by Crippen LogP contribution is 2.35. The first-order valence-electron chi connectivity index (χ1n) is 10.7. The molecule has 152 valence electrons. The molecule has 0 radical (unpaired) electrons. The predicted molar refractivity (Wildman–Crippen MR) is 137 cm³/mol. The lowest BCUT2D eigenvalue weighted by Crippen LogP contribution is -1.92. The van der Waals surface area contributed by atoms with Gasteiger partial charge in [-0.05, 0) is 64.7 Å². The molecule has 0 aliphatic rings. The number of para-hydroxylation sites is 2. The van der Waals surface area contributed by atoms with Crippen molar-refractivity contribution in [2.45, 2.75) is 0 Å². The summed E-state index contributed by atoms with van der Waals surface area (Å²) in [6, 6.07) is 42.7. The van der Waals surface area contributed by atoms with E-state index in [1.54, 1.807) is 0 Å². The number of halogens is 1. The molecule has 1 heterocycles. The Morgan fingerprint density at radius 1 is 0.438 bits per heavy atom. The summed E-state index contributed by atoms with van der Waals surface area (Å²) in [5.41, 5.74) is 8.41. The van der Waals surface area contributed by atoms with Gasteiger partial charge < -0.3 is 4.57 Å². The van der Waals surface area contributed by atoms with Crippen molar-refractivity contribution in [1.82, 2.24) is 4.57 Å². The van der Waals surface area contributed by atoms with Gasteiger partial charge in [-0.1, -0.05) is 90.5 Å². The third-order valence-electron chi connectivity index (χ3n) is 6.08. The summed E-state index contributed by atoms with van der Waals surface area (Å²) >= 11 is 6.03. The molecule has 32 heavy (non-hydrogen) atoms. The largest absolute Gasteiger partial charge is 0.309 e. The molecule has 0 saturated carbocycles. The van der Waals surface area contributed by atoms with E-state index < -0.39 is 0 Å². The molecule has 5 aromatic carbocycles. The Morgan fingerprint density at radius 3 is 1.69 bits per heavy atom. The third kappa shape index (κ3) is 3.19. The highest BCUT2D eigenvalue weighted by Gasteiger charge is 2.12. The van der Waals surface area contributed by atoms with E-state index in [0.29, 0.717) is 0 Å². The Morgan fingerprint density at radius 2 is 0.969 bits per heavy atom. The zero-order valence-electron chi connectivity index (χ0n) is 17.4. The average molecular weight is 430 g/mol. The average Bonchev–Trinajstić information content (AvgIpc) is 3.19. The quantitative estimate of drug-likeness (QED) is 0.265. The summed E-state index contributed by atoms with van der Waals surface area (Å²) in [7, 11) is 0. The maximum Gasteiger partial charge on any atom is 0.0541 e. The van der Waals surface area contributed by atoms with E-state index in [1.165, 1.54) is 49.7 Å². The minimum atomic E-state index is 0.758. The number of nitrogens with zero attached hydrogens (tertiary/aromatic N) is 1. The lowest BCUT2D eigenvalue weighted by molar-refractivity contribution is 1.18. The van der Waals surface area contributed by atoms with Gasteiger partial charge >= 0.3 is 0 Å². The van der Waals surface area contributed by atoms with Crippen LogP contribution in [0, 0.1) is 0 Å². The second kappa shape index (κ2) is 7.71. The van der Waals surface area contributed by atoms with Gasteiger partial charge in [-0.2, -0.15) is 0 Å². The van der Waals surface area contributed by atoms with Crippen LogP contribution in [0.15, 0.2) is 121 Å². The summed E-state index contributed by atoms with van der Waals surface area (Å²) in [4.78, 5) is 0. The fraction of sp³-hybridized carbons (Fsp3) is 0. The number of fused-ring (bicyclic) bond motifs is 3. The van der Waals surface area contributed by atoms with Gasteiger partial charge in [0.2, 0.25) is 0 Å². The third-order valence-corrected chi connectivity index (χ3v) is 6.33. The molecule has 0 spiro atoms. The minimum Gasteiger partial charge on any atom is -0.309 e. The van der Waals surface area contributed by atoms with Crippen molar-refractivity contribution in [3.63, 3.8) is 0 Å². The topological polar surface area (TPSA) is 4.93 Å². The number of aromatic nitrogens is 1. The lowest BCUT2D eigenvalue weighted by Gasteiger charge is -2.08. The number of benzene rings is 5. The van der Waals surface area contributed by atoms with E-state index in [4.69, 9.17) is 11.6 Å². The molecule has 0 saturated heterocycles. The molecule has 0 fully saturated rings. The van der Waals surface area contributed by atoms with Crippen molar-refractivity contribution in [3.05, 3.63) is 126 Å². The minimum absolute atomic E-state index is 0.758. The van der Waals surface area contributed by atoms with E-state index in [0.717, 1.165) is 5.02 Å². The van der Waals surface area contributed by atoms with Crippen molar-refractivity contribution in [3.8, 4) is 27.9 Å². The van der Waals surface area contributed by atoms with E-state index in [-0.39, 0.29) is 0 Å². The van der Waals surface area contributed by atoms with Gasteiger partial charge in [0.15, 0.2) is 0 Å². The molecule has 0 bridgehead atoms. The van der Waals surface area contributed by atoms with Gasteiger partial charge in [0, 0.05) is 21.5 Å². The second-order valence-electron chi connectivity index (χ2n) is 8.00. The fourth-order valence-corrected chi connectivity index (χ4v) is 4.63. The van der Waals surface area contributed by atoms with Crippen LogP contribution in [-0.4, -0.2) is 4.57 Å². The molecule has 0 N–H and O–H groups in total. The van der Waals surface area contributed by atoms with Gasteiger partial charge in [0.1, 0.15) is 0 Å². The normalized spacial score (nSPS) is 11.3. The Bertz CT molecular complexity index is 1540. The monoisotopic (exact) mass is 429 g/mol. The standard InChI is InChI=1S/C30H20ClN/c31-25-17-14-22(15-18-25)21-10-12-23(13-11-21)24-16-19-30-28(20-24)27-8-4-5-9-29(27)32(30)26-6-2-1-3-7-26/h1-20H. The predicted octanol–water partition coefficient (Wildman–Crippen LogP) is 8.77. The van der Waals surface area contributed by atoms with Crippen LogP contribution < -0.4 is 0 Å². The number of hydrogen-bond donors (Lipinski definition) is 0. The Labute approximate surface area is 192 Å². The molecular formula is C30H20ClN. The Balaban J connectivity index is 1.48. The smallest absolute Gasteiger partial charge is 0.0541 e. The Kier molecular flexibility index (Phi) is 4.56. The molecule has 0 aliphatic heterocycles. The van der Waals surface area contributed by atoms with Crippen LogP contribution in [0.2, 0.25) is 5.02 Å². The first-order chi connectivity index (χ1) is 15.8. The van der Waals surface area contributed by atoms with E-state index in [9.17, 15) is 0 Å². The van der Waals surface area contributed by atoms with E-state index in [1.807, 2.05) is 12.1 Å². The van der Waals surface area contributed by atoms with Crippen LogP contribution in [-0.2, 0) is 0 Å². The summed E-state index contributed by atoms with van der Waals surface area (Å²) in [6.07, 6.45) is 0. The molecule has 1 nitrogen and oxygen atoms in total. The molecular weight excluding hydrogens is 410 g/mol. The van der Waals surface area contributed by atoms with Crippen molar-refractivity contribution in [2.24, 2.45) is 0 Å². The lowest BCUT2D eigenvalue weighted by atomic mass is 9.99. The van der Waals surface area contributed by atoms with Crippen molar-refractivity contribution in [2.75, 3.05) is 0 Å². The van der Waals surface area contributed by atoms with E-state index >= 15 is 0 Å². The highest BCUT2D eigenvalue weighted by molar-refractivity contribution is 6.30. The molecule has 0 atom stereocenters. The SMILES string of the molecule is Clc1ccc(-c2ccc(-c3ccc4c(c3)c3ccccc3n4-c3ccccc3)cc2)cc1. The molecule has 6 rings (SSSR count). The maximum absolute atomic E-state index is 6.03. The molecule has 2 heteroatoms. The van der Waals surface area contributed by atoms with Crippen LogP contribution in [0.1, 0.15) is 0 Å². The first-order valence-corrected chi connectivity index (χ1v) is 11.1. The first kappa shape index (κ1) is 18.9. The van der Waals surface area contributed by atoms with E-state index in [2.05, 4.69) is 114 Å². The van der Waals surface area contributed by atoms with Crippen LogP contribution in [0.25, 0.3) is 49.7 Å². The summed E-state index contributed by atoms with van der Waals surface area (Å²) in [5.74, 6) is 0. The Hall–Kier alpha value is -3.81. The van der Waals surface area contributed by atoms with Crippen molar-refractivity contribution in [1.29, 1.82) is 0 Å². The highest BCUT2D eigenvalue weighted by atomic mass is 35.5. The van der Waals surface area contributed by atoms with Crippen LogP contribution in [0.3, 0.4) is 0 Å². The van der Waals surface area contributed by atoms with Crippen molar-refractivity contribution < 1.29 is 0 Å². The van der Waals surface area contributed by atoms with Gasteiger partial charge in [0.05, 0.1) is 11.0 Å². The number of rotatable bonds is 3.